The molecule has 3 atom stereocenters. The van der Waals surface area contributed by atoms with Gasteiger partial charge in [0.05, 0.1) is 19.8 Å². The molecule has 0 bridgehead atoms. The number of hydrogen-bond acceptors (Lipinski definition) is 9. The minimum Gasteiger partial charge on any atom is -0.462 e. The lowest BCUT2D eigenvalue weighted by molar-refractivity contribution is -0.161. The Kier molecular flexibility index (Phi) is 32.3. The second-order valence-corrected chi connectivity index (χ2v) is 14.1. The number of allylic oxidation sites excluding steroid dienone is 2. The molecule has 0 spiro atoms. The predicted molar refractivity (Wildman–Crippen MR) is 187 cm³/mol. The summed E-state index contributed by atoms with van der Waals surface area (Å²) in [5.74, 6) is -0.934. The Bertz CT molecular complexity index is 807. The molecule has 0 heterocycles. The zero-order valence-electron chi connectivity index (χ0n) is 29.8. The van der Waals surface area contributed by atoms with Crippen LogP contribution >= 0.6 is 7.82 Å². The number of carbonyl (C=O) groups is 2. The minimum atomic E-state index is -4.60. The van der Waals surface area contributed by atoms with Crippen molar-refractivity contribution in [3.63, 3.8) is 0 Å². The van der Waals surface area contributed by atoms with Gasteiger partial charge in [0.1, 0.15) is 12.7 Å². The van der Waals surface area contributed by atoms with E-state index in [0.29, 0.717) is 12.8 Å². The average Bonchev–Trinajstić information content (AvgIpc) is 3.05. The summed E-state index contributed by atoms with van der Waals surface area (Å²) in [7, 11) is -4.60. The van der Waals surface area contributed by atoms with Gasteiger partial charge in [0, 0.05) is 12.8 Å². The first-order chi connectivity index (χ1) is 22.7. The first kappa shape index (κ1) is 45.7. The Morgan fingerprint density at radius 2 is 1.04 bits per heavy atom. The lowest BCUT2D eigenvalue weighted by Crippen LogP contribution is -2.29. The first-order valence-corrected chi connectivity index (χ1v) is 20.1. The number of aliphatic hydroxyl groups is 2. The van der Waals surface area contributed by atoms with E-state index in [0.717, 1.165) is 51.4 Å². The van der Waals surface area contributed by atoms with E-state index in [1.54, 1.807) is 0 Å². The fourth-order valence-corrected chi connectivity index (χ4v) is 5.78. The number of hydrogen-bond donors (Lipinski definition) is 3. The Morgan fingerprint density at radius 3 is 1.53 bits per heavy atom. The highest BCUT2D eigenvalue weighted by Gasteiger charge is 2.27. The molecule has 0 fully saturated rings. The molecule has 1 unspecified atom stereocenters. The van der Waals surface area contributed by atoms with Crippen molar-refractivity contribution in [2.24, 2.45) is 0 Å². The molecule has 10 nitrogen and oxygen atoms in total. The molecular formula is C36H69O10P. The lowest BCUT2D eigenvalue weighted by atomic mass is 10.1. The summed E-state index contributed by atoms with van der Waals surface area (Å²) < 4.78 is 32.5. The van der Waals surface area contributed by atoms with Crippen LogP contribution in [-0.4, -0.2) is 65.7 Å². The van der Waals surface area contributed by atoms with E-state index in [-0.39, 0.29) is 19.4 Å². The van der Waals surface area contributed by atoms with E-state index in [1.807, 2.05) is 0 Å². The highest BCUT2D eigenvalue weighted by atomic mass is 31.2. The summed E-state index contributed by atoms with van der Waals surface area (Å²) in [5, 5.41) is 18.2. The summed E-state index contributed by atoms with van der Waals surface area (Å²) in [6, 6.07) is 0. The smallest absolute Gasteiger partial charge is 0.462 e. The van der Waals surface area contributed by atoms with E-state index < -0.39 is 51.8 Å². The number of phosphoric ester groups is 1. The number of phosphoric acid groups is 1. The molecule has 0 aliphatic carbocycles. The van der Waals surface area contributed by atoms with Crippen molar-refractivity contribution in [2.75, 3.05) is 26.4 Å². The molecule has 0 aromatic heterocycles. The van der Waals surface area contributed by atoms with Gasteiger partial charge in [-0.15, -0.1) is 0 Å². The first-order valence-electron chi connectivity index (χ1n) is 18.6. The Morgan fingerprint density at radius 1 is 0.617 bits per heavy atom. The molecule has 47 heavy (non-hydrogen) atoms. The zero-order chi connectivity index (χ0) is 34.9. The Labute approximate surface area is 286 Å². The quantitative estimate of drug-likeness (QED) is 0.0254. The molecule has 3 N–H and O–H groups in total. The van der Waals surface area contributed by atoms with Gasteiger partial charge in [-0.2, -0.15) is 0 Å². The second-order valence-electron chi connectivity index (χ2n) is 12.6. The molecule has 0 amide bonds. The second kappa shape index (κ2) is 33.2. The van der Waals surface area contributed by atoms with Crippen LogP contribution in [0.1, 0.15) is 168 Å². The van der Waals surface area contributed by atoms with Crippen molar-refractivity contribution in [1.29, 1.82) is 0 Å². The van der Waals surface area contributed by atoms with E-state index in [1.165, 1.54) is 77.0 Å². The van der Waals surface area contributed by atoms with Crippen LogP contribution in [0.4, 0.5) is 0 Å². The van der Waals surface area contributed by atoms with Gasteiger partial charge >= 0.3 is 19.8 Å². The van der Waals surface area contributed by atoms with Crippen LogP contribution in [0.2, 0.25) is 0 Å². The van der Waals surface area contributed by atoms with E-state index >= 15 is 0 Å². The highest BCUT2D eigenvalue weighted by Crippen LogP contribution is 2.43. The summed E-state index contributed by atoms with van der Waals surface area (Å²) >= 11 is 0. The number of esters is 2. The summed E-state index contributed by atoms with van der Waals surface area (Å²) in [6.07, 6.45) is 27.6. The third-order valence-electron chi connectivity index (χ3n) is 7.92. The number of unbranched alkanes of at least 4 members (excludes halogenated alkanes) is 19. The van der Waals surface area contributed by atoms with Crippen LogP contribution in [0, 0.1) is 0 Å². The number of rotatable bonds is 35. The fraction of sp³-hybridized carbons (Fsp3) is 0.889. The molecular weight excluding hydrogens is 623 g/mol. The van der Waals surface area contributed by atoms with E-state index in [4.69, 9.17) is 19.1 Å². The highest BCUT2D eigenvalue weighted by molar-refractivity contribution is 7.47. The monoisotopic (exact) mass is 692 g/mol. The van der Waals surface area contributed by atoms with Gasteiger partial charge < -0.3 is 24.6 Å². The molecule has 0 saturated heterocycles. The molecule has 0 aromatic rings. The van der Waals surface area contributed by atoms with Crippen LogP contribution in [0.25, 0.3) is 0 Å². The lowest BCUT2D eigenvalue weighted by Gasteiger charge is -2.20. The van der Waals surface area contributed by atoms with Crippen molar-refractivity contribution in [3.8, 4) is 0 Å². The standard InChI is InChI=1S/C36H69O10P/c1-3-5-7-9-11-13-14-15-16-17-18-20-21-23-25-27-35(39)43-31-34(32-45-47(41,42)44-30-33(38)29-37)46-36(40)28-26-24-22-19-12-10-8-6-4-2/h15-16,33-34,37-38H,3-14,17-32H2,1-2H3,(H,41,42)/b16-15+/t33-,34+/m1/s1. The molecule has 0 saturated carbocycles. The van der Waals surface area contributed by atoms with Crippen LogP contribution in [0.3, 0.4) is 0 Å². The molecule has 11 heteroatoms. The van der Waals surface area contributed by atoms with Gasteiger partial charge in [0.25, 0.3) is 0 Å². The Balaban J connectivity index is 4.34. The van der Waals surface area contributed by atoms with E-state index in [9.17, 15) is 24.2 Å². The van der Waals surface area contributed by atoms with Crippen molar-refractivity contribution in [2.45, 2.75) is 180 Å². The summed E-state index contributed by atoms with van der Waals surface area (Å²) in [6.45, 7) is 2.33. The molecule has 0 aliphatic rings. The van der Waals surface area contributed by atoms with Crippen molar-refractivity contribution < 1.29 is 47.8 Å². The minimum absolute atomic E-state index is 0.186. The maximum atomic E-state index is 12.5. The maximum Gasteiger partial charge on any atom is 0.472 e. The third kappa shape index (κ3) is 33.0. The number of aliphatic hydroxyl groups excluding tert-OH is 2. The zero-order valence-corrected chi connectivity index (χ0v) is 30.6. The molecule has 0 aliphatic heterocycles. The SMILES string of the molecule is CCCCCCCC/C=C/CCCCCCCC(=O)OC[C@@H](COP(=O)(O)OC[C@H](O)CO)OC(=O)CCCCCCCCCCC. The van der Waals surface area contributed by atoms with Crippen LogP contribution in [0.15, 0.2) is 12.2 Å². The maximum absolute atomic E-state index is 12.5. The molecule has 0 aromatic carbocycles. The Hall–Kier alpha value is -1.29. The molecule has 278 valence electrons. The molecule has 0 rings (SSSR count). The number of carbonyl (C=O) groups excluding carboxylic acids is 2. The van der Waals surface area contributed by atoms with Gasteiger partial charge in [-0.05, 0) is 38.5 Å². The summed E-state index contributed by atoms with van der Waals surface area (Å²) in [4.78, 5) is 34.7. The van der Waals surface area contributed by atoms with Crippen molar-refractivity contribution in [3.05, 3.63) is 12.2 Å². The van der Waals surface area contributed by atoms with Crippen molar-refractivity contribution in [1.82, 2.24) is 0 Å². The van der Waals surface area contributed by atoms with Gasteiger partial charge in [0.2, 0.25) is 0 Å². The van der Waals surface area contributed by atoms with Gasteiger partial charge in [-0.3, -0.25) is 18.6 Å². The largest absolute Gasteiger partial charge is 0.472 e. The van der Waals surface area contributed by atoms with E-state index in [2.05, 4.69) is 30.5 Å². The van der Waals surface area contributed by atoms with Crippen LogP contribution in [0.5, 0.6) is 0 Å². The topological polar surface area (TPSA) is 149 Å². The average molecular weight is 693 g/mol. The van der Waals surface area contributed by atoms with Gasteiger partial charge in [-0.1, -0.05) is 129 Å². The van der Waals surface area contributed by atoms with Crippen LogP contribution in [-0.2, 0) is 32.7 Å². The van der Waals surface area contributed by atoms with Crippen LogP contribution < -0.4 is 0 Å². The predicted octanol–water partition coefficient (Wildman–Crippen LogP) is 8.89. The fourth-order valence-electron chi connectivity index (χ4n) is 4.99. The van der Waals surface area contributed by atoms with Gasteiger partial charge in [-0.25, -0.2) is 4.57 Å². The third-order valence-corrected chi connectivity index (χ3v) is 8.87. The summed E-state index contributed by atoms with van der Waals surface area (Å²) in [5.41, 5.74) is 0. The normalized spacial score (nSPS) is 14.2. The number of ether oxygens (including phenoxy) is 2. The molecule has 0 radical (unpaired) electrons. The van der Waals surface area contributed by atoms with Gasteiger partial charge in [0.15, 0.2) is 6.10 Å². The van der Waals surface area contributed by atoms with Crippen molar-refractivity contribution >= 4 is 19.8 Å².